The second kappa shape index (κ2) is 10.6. The lowest BCUT2D eigenvalue weighted by Crippen LogP contribution is -2.01. The summed E-state index contributed by atoms with van der Waals surface area (Å²) in [5.74, 6) is 0.419. The summed E-state index contributed by atoms with van der Waals surface area (Å²) in [6, 6.07) is 19.0. The molecule has 0 bridgehead atoms. The van der Waals surface area contributed by atoms with Gasteiger partial charge in [0.05, 0.1) is 35.9 Å². The predicted octanol–water partition coefficient (Wildman–Crippen LogP) is 4.27. The molecule has 4 rings (SSSR count). The lowest BCUT2D eigenvalue weighted by Gasteiger charge is -2.07. The number of nitrogens with two attached hydrogens (primary N) is 1. The highest BCUT2D eigenvalue weighted by atomic mass is 31.0. The van der Waals surface area contributed by atoms with Crippen molar-refractivity contribution in [2.24, 2.45) is 10.7 Å². The van der Waals surface area contributed by atoms with Gasteiger partial charge in [-0.05, 0) is 61.0 Å². The van der Waals surface area contributed by atoms with Gasteiger partial charge in [0.15, 0.2) is 11.3 Å². The Balaban J connectivity index is 1.88. The summed E-state index contributed by atoms with van der Waals surface area (Å²) >= 11 is 0. The average Bonchev–Trinajstić information content (AvgIpc) is 3.26. The molecule has 0 aliphatic rings. The Morgan fingerprint density at radius 3 is 2.74 bits per heavy atom. The number of aryl methyl sites for hydroxylation is 1. The van der Waals surface area contributed by atoms with E-state index in [1.165, 1.54) is 12.4 Å². The third kappa shape index (κ3) is 5.72. The fourth-order valence-corrected chi connectivity index (χ4v) is 3.71. The number of hydrogen-bond acceptors (Lipinski definition) is 6. The van der Waals surface area contributed by atoms with Crippen LogP contribution >= 0.6 is 9.24 Å². The average molecular weight is 479 g/mol. The van der Waals surface area contributed by atoms with Crippen molar-refractivity contribution in [1.82, 2.24) is 19.7 Å². The van der Waals surface area contributed by atoms with E-state index in [0.29, 0.717) is 35.0 Å². The highest BCUT2D eigenvalue weighted by Gasteiger charge is 2.18. The first-order valence-corrected chi connectivity index (χ1v) is 11.3. The van der Waals surface area contributed by atoms with E-state index in [1.807, 2.05) is 60.3 Å². The van der Waals surface area contributed by atoms with E-state index in [1.54, 1.807) is 18.2 Å². The van der Waals surface area contributed by atoms with Crippen LogP contribution in [0.5, 0.6) is 0 Å². The molecule has 3 aromatic heterocycles. The van der Waals surface area contributed by atoms with Crippen LogP contribution in [0.3, 0.4) is 0 Å². The van der Waals surface area contributed by atoms with Gasteiger partial charge in [-0.3, -0.25) is 14.5 Å². The molecule has 8 nitrogen and oxygen atoms in total. The molecular formula is C26H22N7OP. The first-order valence-electron chi connectivity index (χ1n) is 10.7. The summed E-state index contributed by atoms with van der Waals surface area (Å²) in [4.78, 5) is 24.9. The Kier molecular flexibility index (Phi) is 7.20. The summed E-state index contributed by atoms with van der Waals surface area (Å²) < 4.78 is 1.81. The van der Waals surface area contributed by atoms with Crippen molar-refractivity contribution in [1.29, 1.82) is 5.26 Å². The molecule has 2 N–H and O–H groups in total. The first-order chi connectivity index (χ1) is 17.0. The van der Waals surface area contributed by atoms with Crippen molar-refractivity contribution in [2.75, 3.05) is 0 Å². The van der Waals surface area contributed by atoms with Gasteiger partial charge >= 0.3 is 0 Å². The van der Waals surface area contributed by atoms with E-state index in [2.05, 4.69) is 30.3 Å². The molecule has 3 heterocycles. The van der Waals surface area contributed by atoms with Gasteiger partial charge in [-0.2, -0.15) is 10.4 Å². The largest absolute Gasteiger partial charge is 0.390 e. The number of benzene rings is 1. The van der Waals surface area contributed by atoms with Crippen LogP contribution in [0.15, 0.2) is 71.9 Å². The van der Waals surface area contributed by atoms with E-state index in [4.69, 9.17) is 10.8 Å². The standard InChI is InChI=1S/C26H22N7OP/c1-17-4-2-7-23(30-17)26-21(15-33(32-26)14-19-6-3-5-18(12-19)13-27)20-8-10-24(29-16-28)31-22(20)9-11-25(34)35/h2-12,15-16H,14,35H2,1H3,(H2,28,29,31)/b11-9+. The fraction of sp³-hybridized carbons (Fsp3) is 0.0769. The molecule has 0 aliphatic carbocycles. The maximum absolute atomic E-state index is 11.6. The monoisotopic (exact) mass is 479 g/mol. The van der Waals surface area contributed by atoms with Crippen LogP contribution in [-0.4, -0.2) is 31.6 Å². The number of carbonyl (C=O) groups is 1. The molecule has 172 valence electrons. The Hall–Kier alpha value is -4.47. The summed E-state index contributed by atoms with van der Waals surface area (Å²) in [7, 11) is 2.12. The number of aliphatic imine (C=N–C) groups is 1. The number of pyridine rings is 2. The van der Waals surface area contributed by atoms with Crippen LogP contribution in [0, 0.1) is 18.3 Å². The van der Waals surface area contributed by atoms with Gasteiger partial charge in [-0.25, -0.2) is 9.98 Å². The minimum Gasteiger partial charge on any atom is -0.390 e. The van der Waals surface area contributed by atoms with Crippen LogP contribution < -0.4 is 5.73 Å². The third-order valence-electron chi connectivity index (χ3n) is 5.11. The molecule has 1 unspecified atom stereocenters. The van der Waals surface area contributed by atoms with Crippen molar-refractivity contribution >= 4 is 33.0 Å². The van der Waals surface area contributed by atoms with Crippen molar-refractivity contribution < 1.29 is 4.79 Å². The van der Waals surface area contributed by atoms with Crippen LogP contribution in [0.1, 0.15) is 22.5 Å². The zero-order valence-electron chi connectivity index (χ0n) is 19.0. The number of carbonyl (C=O) groups excluding carboxylic acids is 1. The van der Waals surface area contributed by atoms with Gasteiger partial charge in [-0.15, -0.1) is 0 Å². The molecule has 1 atom stereocenters. The van der Waals surface area contributed by atoms with E-state index < -0.39 is 0 Å². The van der Waals surface area contributed by atoms with E-state index in [-0.39, 0.29) is 5.52 Å². The molecule has 0 spiro atoms. The van der Waals surface area contributed by atoms with Gasteiger partial charge in [-0.1, -0.05) is 27.4 Å². The first kappa shape index (κ1) is 23.7. The predicted molar refractivity (Wildman–Crippen MR) is 140 cm³/mol. The molecule has 9 heteroatoms. The molecule has 0 saturated heterocycles. The Labute approximate surface area is 205 Å². The lowest BCUT2D eigenvalue weighted by molar-refractivity contribution is -0.107. The quantitative estimate of drug-likeness (QED) is 0.183. The highest BCUT2D eigenvalue weighted by Crippen LogP contribution is 2.34. The number of nitrogens with zero attached hydrogens (tertiary/aromatic N) is 6. The van der Waals surface area contributed by atoms with E-state index >= 15 is 0 Å². The smallest absolute Gasteiger partial charge is 0.170 e. The van der Waals surface area contributed by atoms with Crippen molar-refractivity contribution in [3.05, 3.63) is 89.4 Å². The summed E-state index contributed by atoms with van der Waals surface area (Å²) in [6.07, 6.45) is 6.16. The lowest BCUT2D eigenvalue weighted by atomic mass is 10.0. The minimum absolute atomic E-state index is 0.181. The molecule has 35 heavy (non-hydrogen) atoms. The zero-order chi connectivity index (χ0) is 24.8. The molecule has 1 aromatic carbocycles. The fourth-order valence-electron chi connectivity index (χ4n) is 3.62. The van der Waals surface area contributed by atoms with Crippen molar-refractivity contribution in [2.45, 2.75) is 13.5 Å². The molecule has 0 saturated carbocycles. The molecule has 0 aliphatic heterocycles. The highest BCUT2D eigenvalue weighted by molar-refractivity contribution is 7.41. The van der Waals surface area contributed by atoms with Gasteiger partial charge in [0.25, 0.3) is 0 Å². The second-order valence-corrected chi connectivity index (χ2v) is 8.25. The molecule has 4 aromatic rings. The van der Waals surface area contributed by atoms with Gasteiger partial charge in [0, 0.05) is 23.0 Å². The Bertz CT molecular complexity index is 1500. The SMILES string of the molecule is Cc1cccc(-c2nn(Cc3cccc(C#N)c3)cc2-c2ccc(N=CN)nc2/C=C/C(=O)P)n1. The zero-order valence-corrected chi connectivity index (χ0v) is 20.1. The normalized spacial score (nSPS) is 11.2. The number of hydrogen-bond donors (Lipinski definition) is 1. The van der Waals surface area contributed by atoms with Crippen LogP contribution in [0.2, 0.25) is 0 Å². The maximum Gasteiger partial charge on any atom is 0.170 e. The Morgan fingerprint density at radius 2 is 2.00 bits per heavy atom. The third-order valence-corrected chi connectivity index (χ3v) is 5.30. The second-order valence-electron chi connectivity index (χ2n) is 7.68. The van der Waals surface area contributed by atoms with E-state index in [0.717, 1.165) is 22.4 Å². The maximum atomic E-state index is 11.6. The van der Waals surface area contributed by atoms with Crippen LogP contribution in [0.4, 0.5) is 5.82 Å². The van der Waals surface area contributed by atoms with Gasteiger partial charge in [0.2, 0.25) is 0 Å². The van der Waals surface area contributed by atoms with E-state index in [9.17, 15) is 10.1 Å². The van der Waals surface area contributed by atoms with Crippen LogP contribution in [-0.2, 0) is 11.3 Å². The summed E-state index contributed by atoms with van der Waals surface area (Å²) in [6.45, 7) is 2.39. The number of rotatable bonds is 7. The molecule has 0 amide bonds. The van der Waals surface area contributed by atoms with Gasteiger partial charge in [0.1, 0.15) is 5.69 Å². The van der Waals surface area contributed by atoms with Gasteiger partial charge < -0.3 is 5.73 Å². The molecule has 0 radical (unpaired) electrons. The minimum atomic E-state index is -0.181. The number of nitriles is 1. The van der Waals surface area contributed by atoms with Crippen molar-refractivity contribution in [3.63, 3.8) is 0 Å². The van der Waals surface area contributed by atoms with Crippen LogP contribution in [0.25, 0.3) is 28.6 Å². The molecular weight excluding hydrogens is 457 g/mol. The topological polar surface area (TPSA) is 123 Å². The number of aromatic nitrogens is 4. The number of allylic oxidation sites excluding steroid dienone is 1. The Morgan fingerprint density at radius 1 is 1.17 bits per heavy atom. The summed E-state index contributed by atoms with van der Waals surface area (Å²) in [5, 5.41) is 14.1. The molecule has 0 fully saturated rings. The summed E-state index contributed by atoms with van der Waals surface area (Å²) in [5.41, 5.74) is 11.2. The van der Waals surface area contributed by atoms with Crippen molar-refractivity contribution in [3.8, 4) is 28.6 Å².